The maximum atomic E-state index is 12.5. The number of carboxylic acids is 2. The van der Waals surface area contributed by atoms with E-state index in [9.17, 15) is 34.2 Å². The topological polar surface area (TPSA) is 228 Å². The fourth-order valence-electron chi connectivity index (χ4n) is 2.68. The van der Waals surface area contributed by atoms with E-state index in [1.54, 1.807) is 12.1 Å². The van der Waals surface area contributed by atoms with Crippen LogP contribution < -0.4 is 21.7 Å². The predicted molar refractivity (Wildman–Crippen MR) is 113 cm³/mol. The van der Waals surface area contributed by atoms with Crippen LogP contribution in [0.4, 0.5) is 0 Å². The average Bonchev–Trinajstić information content (AvgIpc) is 2.71. The van der Waals surface area contributed by atoms with E-state index in [2.05, 4.69) is 10.6 Å². The Bertz CT molecular complexity index is 873. The molecule has 9 N–H and O–H groups in total. The zero-order valence-electron chi connectivity index (χ0n) is 18.0. The molecule has 0 heterocycles. The number of carbonyl (C=O) groups is 5. The molecule has 0 bridgehead atoms. The van der Waals surface area contributed by atoms with Crippen molar-refractivity contribution >= 4 is 29.7 Å². The van der Waals surface area contributed by atoms with Gasteiger partial charge in [0.25, 0.3) is 0 Å². The van der Waals surface area contributed by atoms with E-state index in [1.807, 2.05) is 5.32 Å². The van der Waals surface area contributed by atoms with Crippen molar-refractivity contribution in [2.45, 2.75) is 57.0 Å². The molecule has 0 fully saturated rings. The second-order valence-corrected chi connectivity index (χ2v) is 7.43. The average molecular weight is 468 g/mol. The highest BCUT2D eigenvalue weighted by molar-refractivity contribution is 5.94. The van der Waals surface area contributed by atoms with Gasteiger partial charge < -0.3 is 42.1 Å². The molecule has 13 nitrogen and oxygen atoms in total. The number of carboxylic acid groups (broad SMARTS) is 2. The number of aromatic hydroxyl groups is 1. The molecule has 0 aliphatic heterocycles. The van der Waals surface area contributed by atoms with Gasteiger partial charge in [-0.05, 0) is 38.0 Å². The van der Waals surface area contributed by atoms with Crippen LogP contribution in [0.2, 0.25) is 0 Å². The number of rotatable bonds is 12. The predicted octanol–water partition coefficient (Wildman–Crippen LogP) is -2.32. The fraction of sp³-hybridized carbons (Fsp3) is 0.450. The van der Waals surface area contributed by atoms with Crippen molar-refractivity contribution in [1.29, 1.82) is 0 Å². The molecule has 33 heavy (non-hydrogen) atoms. The minimum atomic E-state index is -1.71. The number of benzene rings is 1. The molecule has 13 heteroatoms. The first kappa shape index (κ1) is 27.3. The molecule has 5 atom stereocenters. The van der Waals surface area contributed by atoms with E-state index >= 15 is 0 Å². The highest BCUT2D eigenvalue weighted by Crippen LogP contribution is 2.11. The summed E-state index contributed by atoms with van der Waals surface area (Å²) in [5.41, 5.74) is 6.50. The molecule has 0 aliphatic rings. The van der Waals surface area contributed by atoms with Crippen LogP contribution in [0.25, 0.3) is 0 Å². The van der Waals surface area contributed by atoms with Gasteiger partial charge >= 0.3 is 11.9 Å². The summed E-state index contributed by atoms with van der Waals surface area (Å²) in [5.74, 6) is -5.65. The van der Waals surface area contributed by atoms with E-state index < -0.39 is 66.4 Å². The standard InChI is InChI=1S/C20H28N4O9/c1-9(17(29)23-14(20(32)33)8-15(27)28)22-19(31)16(10(2)25)24-18(30)13(21)7-11-3-5-12(26)6-4-11/h3-6,9-10,13-14,16,25-26H,7-8,21H2,1-2H3,(H,22,31)(H,23,29)(H,24,30)(H,27,28)(H,32,33). The first-order chi connectivity index (χ1) is 15.3. The number of aliphatic hydroxyl groups excluding tert-OH is 1. The molecule has 0 aromatic heterocycles. The summed E-state index contributed by atoms with van der Waals surface area (Å²) >= 11 is 0. The number of phenolic OH excluding ortho intramolecular Hbond substituents is 1. The van der Waals surface area contributed by atoms with Gasteiger partial charge in [-0.1, -0.05) is 12.1 Å². The van der Waals surface area contributed by atoms with Gasteiger partial charge in [0.05, 0.1) is 18.6 Å². The van der Waals surface area contributed by atoms with Crippen molar-refractivity contribution in [2.75, 3.05) is 0 Å². The zero-order chi connectivity index (χ0) is 25.3. The van der Waals surface area contributed by atoms with Crippen molar-refractivity contribution < 1.29 is 44.4 Å². The highest BCUT2D eigenvalue weighted by Gasteiger charge is 2.31. The normalized spacial score (nSPS) is 15.3. The van der Waals surface area contributed by atoms with Crippen LogP contribution in [0.5, 0.6) is 5.75 Å². The third kappa shape index (κ3) is 9.13. The maximum absolute atomic E-state index is 12.5. The van der Waals surface area contributed by atoms with Crippen LogP contribution in [-0.2, 0) is 30.4 Å². The zero-order valence-corrected chi connectivity index (χ0v) is 18.0. The second-order valence-electron chi connectivity index (χ2n) is 7.43. The summed E-state index contributed by atoms with van der Waals surface area (Å²) in [6.07, 6.45) is -2.16. The van der Waals surface area contributed by atoms with Crippen LogP contribution in [0.1, 0.15) is 25.8 Å². The molecule has 0 aliphatic carbocycles. The number of phenols is 1. The van der Waals surface area contributed by atoms with Gasteiger partial charge in [-0.25, -0.2) is 4.79 Å². The monoisotopic (exact) mass is 468 g/mol. The number of nitrogens with two attached hydrogens (primary N) is 1. The Kier molecular flexibility index (Phi) is 10.2. The number of amides is 3. The molecule has 182 valence electrons. The summed E-state index contributed by atoms with van der Waals surface area (Å²) in [5, 5.41) is 43.4. The Balaban J connectivity index is 2.74. The molecule has 0 saturated carbocycles. The summed E-state index contributed by atoms with van der Waals surface area (Å²) in [4.78, 5) is 58.9. The van der Waals surface area contributed by atoms with Crippen LogP contribution in [0.3, 0.4) is 0 Å². The summed E-state index contributed by atoms with van der Waals surface area (Å²) in [7, 11) is 0. The highest BCUT2D eigenvalue weighted by atomic mass is 16.4. The lowest BCUT2D eigenvalue weighted by Crippen LogP contribution is -2.59. The molecule has 1 aromatic rings. The van der Waals surface area contributed by atoms with Gasteiger partial charge in [0, 0.05) is 0 Å². The van der Waals surface area contributed by atoms with Crippen molar-refractivity contribution in [3.05, 3.63) is 29.8 Å². The van der Waals surface area contributed by atoms with E-state index in [1.165, 1.54) is 26.0 Å². The molecule has 1 aromatic carbocycles. The first-order valence-electron chi connectivity index (χ1n) is 9.89. The molecular formula is C20H28N4O9. The van der Waals surface area contributed by atoms with Gasteiger partial charge in [0.15, 0.2) is 0 Å². The number of aliphatic hydroxyl groups is 1. The van der Waals surface area contributed by atoms with Crippen molar-refractivity contribution in [3.8, 4) is 5.75 Å². The minimum Gasteiger partial charge on any atom is -0.508 e. The molecule has 0 saturated heterocycles. The largest absolute Gasteiger partial charge is 0.508 e. The number of hydrogen-bond acceptors (Lipinski definition) is 8. The molecule has 1 rings (SSSR count). The van der Waals surface area contributed by atoms with E-state index in [4.69, 9.17) is 15.9 Å². The van der Waals surface area contributed by atoms with Crippen molar-refractivity contribution in [2.24, 2.45) is 5.73 Å². The Hall–Kier alpha value is -3.71. The van der Waals surface area contributed by atoms with Gasteiger partial charge in [0.2, 0.25) is 17.7 Å². The van der Waals surface area contributed by atoms with E-state index in [-0.39, 0.29) is 12.2 Å². The number of nitrogens with one attached hydrogen (secondary N) is 3. The van der Waals surface area contributed by atoms with Crippen molar-refractivity contribution in [1.82, 2.24) is 16.0 Å². The lowest BCUT2D eigenvalue weighted by atomic mass is 10.0. The minimum absolute atomic E-state index is 0.0402. The summed E-state index contributed by atoms with van der Waals surface area (Å²) < 4.78 is 0. The Morgan fingerprint density at radius 3 is 1.97 bits per heavy atom. The third-order valence-corrected chi connectivity index (χ3v) is 4.54. The van der Waals surface area contributed by atoms with E-state index in [0.29, 0.717) is 5.56 Å². The fourth-order valence-corrected chi connectivity index (χ4v) is 2.68. The Morgan fingerprint density at radius 1 is 0.909 bits per heavy atom. The smallest absolute Gasteiger partial charge is 0.326 e. The third-order valence-electron chi connectivity index (χ3n) is 4.54. The van der Waals surface area contributed by atoms with Gasteiger partial charge in [-0.15, -0.1) is 0 Å². The number of carbonyl (C=O) groups excluding carboxylic acids is 3. The Labute approximate surface area is 189 Å². The number of aliphatic carboxylic acids is 2. The summed E-state index contributed by atoms with van der Waals surface area (Å²) in [6.45, 7) is 2.44. The second kappa shape index (κ2) is 12.4. The molecule has 3 amide bonds. The van der Waals surface area contributed by atoms with E-state index in [0.717, 1.165) is 0 Å². The molecule has 0 radical (unpaired) electrons. The van der Waals surface area contributed by atoms with Gasteiger partial charge in [-0.2, -0.15) is 0 Å². The molecular weight excluding hydrogens is 440 g/mol. The van der Waals surface area contributed by atoms with Crippen LogP contribution in [0.15, 0.2) is 24.3 Å². The lowest BCUT2D eigenvalue weighted by Gasteiger charge is -2.25. The molecule has 0 spiro atoms. The Morgan fingerprint density at radius 2 is 1.48 bits per heavy atom. The van der Waals surface area contributed by atoms with Crippen LogP contribution in [-0.4, -0.2) is 80.4 Å². The quantitative estimate of drug-likeness (QED) is 0.163. The van der Waals surface area contributed by atoms with Crippen LogP contribution in [0, 0.1) is 0 Å². The SMILES string of the molecule is CC(NC(=O)C(NC(=O)C(N)Cc1ccc(O)cc1)C(C)O)C(=O)NC(CC(=O)O)C(=O)O. The first-order valence-corrected chi connectivity index (χ1v) is 9.89. The van der Waals surface area contributed by atoms with Crippen molar-refractivity contribution in [3.63, 3.8) is 0 Å². The van der Waals surface area contributed by atoms with Gasteiger partial charge in [-0.3, -0.25) is 19.2 Å². The van der Waals surface area contributed by atoms with Gasteiger partial charge in [0.1, 0.15) is 23.9 Å². The molecule has 5 unspecified atom stereocenters. The number of hydrogen-bond donors (Lipinski definition) is 8. The lowest BCUT2D eigenvalue weighted by molar-refractivity contribution is -0.147. The maximum Gasteiger partial charge on any atom is 0.326 e. The summed E-state index contributed by atoms with van der Waals surface area (Å²) in [6, 6.07) is 0.390. The van der Waals surface area contributed by atoms with Crippen LogP contribution >= 0.6 is 0 Å².